The molecule has 0 radical (unpaired) electrons. The van der Waals surface area contributed by atoms with Crippen LogP contribution in [0.4, 0.5) is 10.1 Å². The first-order valence-electron chi connectivity index (χ1n) is 7.25. The third kappa shape index (κ3) is 4.87. The average Bonchev–Trinajstić information content (AvgIpc) is 2.56. The number of carbonyl (C=O) groups excluding carboxylic acids is 2. The smallest absolute Gasteiger partial charge is 0.338 e. The second-order valence-electron chi connectivity index (χ2n) is 5.32. The number of anilines is 1. The van der Waals surface area contributed by atoms with Crippen LogP contribution in [0, 0.1) is 5.82 Å². The molecule has 0 unspecified atom stereocenters. The number of hydrogen-bond acceptors (Lipinski definition) is 5. The zero-order valence-electron chi connectivity index (χ0n) is 13.5. The zero-order chi connectivity index (χ0) is 18.6. The summed E-state index contributed by atoms with van der Waals surface area (Å²) >= 11 is 0. The van der Waals surface area contributed by atoms with Gasteiger partial charge >= 0.3 is 5.97 Å². The summed E-state index contributed by atoms with van der Waals surface area (Å²) in [5, 5.41) is 2.32. The van der Waals surface area contributed by atoms with Gasteiger partial charge < -0.3 is 10.1 Å². The van der Waals surface area contributed by atoms with E-state index in [1.165, 1.54) is 49.4 Å². The molecule has 0 aliphatic heterocycles. The van der Waals surface area contributed by atoms with Crippen LogP contribution in [0.15, 0.2) is 53.4 Å². The van der Waals surface area contributed by atoms with Crippen molar-refractivity contribution in [2.75, 3.05) is 11.6 Å². The Labute approximate surface area is 144 Å². The molecule has 2 aromatic carbocycles. The molecule has 1 atom stereocenters. The fourth-order valence-corrected chi connectivity index (χ4v) is 2.60. The van der Waals surface area contributed by atoms with Crippen molar-refractivity contribution in [3.63, 3.8) is 0 Å². The highest BCUT2D eigenvalue weighted by Gasteiger charge is 2.21. The summed E-state index contributed by atoms with van der Waals surface area (Å²) in [6.07, 6.45) is -0.184. The van der Waals surface area contributed by atoms with Crippen molar-refractivity contribution in [3.05, 3.63) is 59.9 Å². The Morgan fingerprint density at radius 1 is 1.12 bits per heavy atom. The van der Waals surface area contributed by atoms with Crippen molar-refractivity contribution in [1.29, 1.82) is 0 Å². The zero-order valence-corrected chi connectivity index (χ0v) is 14.3. The summed E-state index contributed by atoms with van der Waals surface area (Å²) in [6, 6.07) is 10.9. The van der Waals surface area contributed by atoms with Crippen LogP contribution in [0.5, 0.6) is 0 Å². The van der Waals surface area contributed by atoms with Gasteiger partial charge in [-0.1, -0.05) is 18.2 Å². The number of sulfone groups is 1. The number of hydrogen-bond donors (Lipinski definition) is 1. The van der Waals surface area contributed by atoms with E-state index in [0.29, 0.717) is 0 Å². The van der Waals surface area contributed by atoms with Gasteiger partial charge in [0.25, 0.3) is 5.91 Å². The molecule has 0 saturated carbocycles. The van der Waals surface area contributed by atoms with Crippen molar-refractivity contribution < 1.29 is 27.1 Å². The fraction of sp³-hybridized carbons (Fsp3) is 0.176. The number of amides is 1. The molecule has 25 heavy (non-hydrogen) atoms. The van der Waals surface area contributed by atoms with E-state index in [0.717, 1.165) is 6.26 Å². The van der Waals surface area contributed by atoms with Gasteiger partial charge in [0.15, 0.2) is 15.9 Å². The van der Waals surface area contributed by atoms with Crippen molar-refractivity contribution in [1.82, 2.24) is 0 Å². The Hall–Kier alpha value is -2.74. The maximum atomic E-state index is 13.5. The quantitative estimate of drug-likeness (QED) is 0.822. The van der Waals surface area contributed by atoms with Crippen molar-refractivity contribution in [2.45, 2.75) is 17.9 Å². The van der Waals surface area contributed by atoms with Crippen LogP contribution in [0.1, 0.15) is 17.3 Å². The summed E-state index contributed by atoms with van der Waals surface area (Å²) in [6.45, 7) is 1.33. The Morgan fingerprint density at radius 2 is 1.80 bits per heavy atom. The molecular weight excluding hydrogens is 349 g/mol. The lowest BCUT2D eigenvalue weighted by atomic mass is 10.2. The SMILES string of the molecule is C[C@@H](OC(=O)c1cccc(S(C)(=O)=O)c1)C(=O)Nc1ccccc1F. The minimum Gasteiger partial charge on any atom is -0.449 e. The molecule has 0 saturated heterocycles. The lowest BCUT2D eigenvalue weighted by Crippen LogP contribution is -2.30. The lowest BCUT2D eigenvalue weighted by molar-refractivity contribution is -0.123. The standard InChI is InChI=1S/C17H16FNO5S/c1-11(16(20)19-15-9-4-3-8-14(15)18)24-17(21)12-6-5-7-13(10-12)25(2,22)23/h3-11H,1-2H3,(H,19,20)/t11-/m1/s1. The van der Waals surface area contributed by atoms with E-state index in [1.54, 1.807) is 6.07 Å². The Balaban J connectivity index is 2.07. The van der Waals surface area contributed by atoms with Gasteiger partial charge in [-0.25, -0.2) is 17.6 Å². The van der Waals surface area contributed by atoms with Crippen LogP contribution >= 0.6 is 0 Å². The predicted octanol–water partition coefficient (Wildman–Crippen LogP) is 2.41. The third-order valence-electron chi connectivity index (χ3n) is 3.28. The highest BCUT2D eigenvalue weighted by atomic mass is 32.2. The highest BCUT2D eigenvalue weighted by molar-refractivity contribution is 7.90. The van der Waals surface area contributed by atoms with Crippen molar-refractivity contribution >= 4 is 27.4 Å². The monoisotopic (exact) mass is 365 g/mol. The number of benzene rings is 2. The molecule has 0 fully saturated rings. The van der Waals surface area contributed by atoms with Crippen LogP contribution in [-0.4, -0.2) is 32.7 Å². The first-order chi connectivity index (χ1) is 11.7. The largest absolute Gasteiger partial charge is 0.449 e. The summed E-state index contributed by atoms with van der Waals surface area (Å²) < 4.78 is 41.6. The average molecular weight is 365 g/mol. The van der Waals surface area contributed by atoms with Crippen LogP contribution in [0.2, 0.25) is 0 Å². The molecule has 0 aliphatic carbocycles. The normalized spacial score (nSPS) is 12.3. The van der Waals surface area contributed by atoms with E-state index < -0.39 is 33.6 Å². The lowest BCUT2D eigenvalue weighted by Gasteiger charge is -2.14. The van der Waals surface area contributed by atoms with Crippen LogP contribution in [0.25, 0.3) is 0 Å². The molecule has 1 N–H and O–H groups in total. The number of ether oxygens (including phenoxy) is 1. The summed E-state index contributed by atoms with van der Waals surface area (Å²) in [7, 11) is -3.48. The van der Waals surface area contributed by atoms with E-state index in [1.807, 2.05) is 0 Å². The van der Waals surface area contributed by atoms with Gasteiger partial charge in [0.05, 0.1) is 16.1 Å². The number of para-hydroxylation sites is 1. The molecule has 0 aliphatic rings. The highest BCUT2D eigenvalue weighted by Crippen LogP contribution is 2.15. The van der Waals surface area contributed by atoms with Crippen molar-refractivity contribution in [2.24, 2.45) is 0 Å². The molecular formula is C17H16FNO5S. The van der Waals surface area contributed by atoms with E-state index in [2.05, 4.69) is 5.32 Å². The van der Waals surface area contributed by atoms with E-state index in [4.69, 9.17) is 4.74 Å². The van der Waals surface area contributed by atoms with Gasteiger partial charge in [-0.2, -0.15) is 0 Å². The third-order valence-corrected chi connectivity index (χ3v) is 4.39. The fourth-order valence-electron chi connectivity index (χ4n) is 1.93. The second kappa shape index (κ2) is 7.43. The molecule has 6 nitrogen and oxygen atoms in total. The molecule has 132 valence electrons. The first-order valence-corrected chi connectivity index (χ1v) is 9.14. The predicted molar refractivity (Wildman–Crippen MR) is 89.5 cm³/mol. The Kier molecular flexibility index (Phi) is 5.53. The number of rotatable bonds is 5. The molecule has 2 rings (SSSR count). The van der Waals surface area contributed by atoms with Gasteiger partial charge in [-0.15, -0.1) is 0 Å². The van der Waals surface area contributed by atoms with Gasteiger partial charge in [0.1, 0.15) is 5.82 Å². The van der Waals surface area contributed by atoms with Gasteiger partial charge in [-0.3, -0.25) is 4.79 Å². The summed E-state index contributed by atoms with van der Waals surface area (Å²) in [5.41, 5.74) is -0.0389. The minimum atomic E-state index is -3.48. The van der Waals surface area contributed by atoms with Crippen LogP contribution < -0.4 is 5.32 Å². The maximum absolute atomic E-state index is 13.5. The molecule has 1 amide bonds. The molecule has 0 aromatic heterocycles. The Morgan fingerprint density at radius 3 is 2.44 bits per heavy atom. The topological polar surface area (TPSA) is 89.5 Å². The number of halogens is 1. The molecule has 8 heteroatoms. The van der Waals surface area contributed by atoms with Crippen LogP contribution in [-0.2, 0) is 19.4 Å². The second-order valence-corrected chi connectivity index (χ2v) is 7.33. The molecule has 0 bridgehead atoms. The van der Waals surface area contributed by atoms with Gasteiger partial charge in [0, 0.05) is 6.26 Å². The molecule has 0 heterocycles. The Bertz CT molecular complexity index is 911. The number of nitrogens with one attached hydrogen (secondary N) is 1. The number of carbonyl (C=O) groups is 2. The van der Waals surface area contributed by atoms with Crippen molar-refractivity contribution in [3.8, 4) is 0 Å². The van der Waals surface area contributed by atoms with Gasteiger partial charge in [-0.05, 0) is 37.3 Å². The maximum Gasteiger partial charge on any atom is 0.338 e. The minimum absolute atomic E-state index is 0.00605. The number of esters is 1. The van der Waals surface area contributed by atoms with E-state index in [-0.39, 0.29) is 16.1 Å². The first kappa shape index (κ1) is 18.6. The summed E-state index contributed by atoms with van der Waals surface area (Å²) in [5.74, 6) is -2.19. The van der Waals surface area contributed by atoms with E-state index in [9.17, 15) is 22.4 Å². The van der Waals surface area contributed by atoms with Crippen LogP contribution in [0.3, 0.4) is 0 Å². The van der Waals surface area contributed by atoms with Gasteiger partial charge in [0.2, 0.25) is 0 Å². The molecule has 2 aromatic rings. The molecule has 0 spiro atoms. The van der Waals surface area contributed by atoms with E-state index >= 15 is 0 Å². The summed E-state index contributed by atoms with van der Waals surface area (Å²) in [4.78, 5) is 24.1.